The Morgan fingerprint density at radius 1 is 0.711 bits per heavy atom. The standard InChI is InChI=1S/C32H42O6/c1-9-31(5,6)29(33)15-16-30(34)37-21(3)35-27-13-11-23-18-26-20-28(14-12-24(26)17-25(23)19-27)36-22(4)38-32(7,8)10-2/h11-14,17-22H,9-10,15-16H2,1-8H3. The molecule has 0 heterocycles. The van der Waals surface area contributed by atoms with Gasteiger partial charge in [-0.1, -0.05) is 39.8 Å². The third-order valence-electron chi connectivity index (χ3n) is 7.17. The maximum absolute atomic E-state index is 12.3. The minimum Gasteiger partial charge on any atom is -0.465 e. The molecular formula is C32H42O6. The topological polar surface area (TPSA) is 71.1 Å². The molecule has 3 aromatic carbocycles. The molecule has 0 bridgehead atoms. The summed E-state index contributed by atoms with van der Waals surface area (Å²) < 4.78 is 23.2. The van der Waals surface area contributed by atoms with Crippen LogP contribution in [0.2, 0.25) is 0 Å². The number of ketones is 1. The summed E-state index contributed by atoms with van der Waals surface area (Å²) in [4.78, 5) is 24.5. The molecule has 0 aliphatic carbocycles. The average Bonchev–Trinajstić information content (AvgIpc) is 2.85. The SMILES string of the molecule is CCC(C)(C)OC(C)Oc1ccc2cc3cc(OC(C)OC(=O)CCC(=O)C(C)(C)CC)ccc3cc2c1. The van der Waals surface area contributed by atoms with Crippen molar-refractivity contribution in [2.45, 2.75) is 99.3 Å². The second-order valence-corrected chi connectivity index (χ2v) is 11.1. The van der Waals surface area contributed by atoms with Gasteiger partial charge in [-0.25, -0.2) is 0 Å². The van der Waals surface area contributed by atoms with Crippen LogP contribution >= 0.6 is 0 Å². The lowest BCUT2D eigenvalue weighted by Crippen LogP contribution is -2.31. The average molecular weight is 523 g/mol. The van der Waals surface area contributed by atoms with Crippen LogP contribution in [0.3, 0.4) is 0 Å². The first-order valence-electron chi connectivity index (χ1n) is 13.5. The normalized spacial score (nSPS) is 13.8. The van der Waals surface area contributed by atoms with E-state index in [0.717, 1.165) is 40.1 Å². The Balaban J connectivity index is 1.64. The van der Waals surface area contributed by atoms with Crippen molar-refractivity contribution >= 4 is 33.3 Å². The summed E-state index contributed by atoms with van der Waals surface area (Å²) in [6, 6.07) is 16.0. The minimum absolute atomic E-state index is 0.0483. The second kappa shape index (κ2) is 12.2. The van der Waals surface area contributed by atoms with E-state index in [2.05, 4.69) is 32.9 Å². The van der Waals surface area contributed by atoms with Gasteiger partial charge in [-0.3, -0.25) is 9.59 Å². The molecular weight excluding hydrogens is 480 g/mol. The number of rotatable bonds is 13. The predicted molar refractivity (Wildman–Crippen MR) is 151 cm³/mol. The lowest BCUT2D eigenvalue weighted by atomic mass is 9.83. The van der Waals surface area contributed by atoms with Crippen LogP contribution in [-0.2, 0) is 19.1 Å². The number of benzene rings is 3. The van der Waals surface area contributed by atoms with Gasteiger partial charge in [-0.05, 0) is 91.6 Å². The Kier molecular flexibility index (Phi) is 9.42. The highest BCUT2D eigenvalue weighted by Gasteiger charge is 2.26. The van der Waals surface area contributed by atoms with Crippen LogP contribution in [-0.4, -0.2) is 29.9 Å². The zero-order valence-electron chi connectivity index (χ0n) is 24.1. The van der Waals surface area contributed by atoms with Gasteiger partial charge in [0.05, 0.1) is 12.0 Å². The van der Waals surface area contributed by atoms with Crippen LogP contribution in [0.4, 0.5) is 0 Å². The molecule has 0 aliphatic rings. The molecule has 0 N–H and O–H groups in total. The fourth-order valence-corrected chi connectivity index (χ4v) is 4.06. The molecule has 38 heavy (non-hydrogen) atoms. The van der Waals surface area contributed by atoms with Crippen molar-refractivity contribution in [3.63, 3.8) is 0 Å². The Morgan fingerprint density at radius 2 is 1.24 bits per heavy atom. The van der Waals surface area contributed by atoms with Crippen molar-refractivity contribution in [3.8, 4) is 11.5 Å². The lowest BCUT2D eigenvalue weighted by molar-refractivity contribution is -0.162. The van der Waals surface area contributed by atoms with Gasteiger partial charge < -0.3 is 18.9 Å². The third-order valence-corrected chi connectivity index (χ3v) is 7.17. The van der Waals surface area contributed by atoms with Gasteiger partial charge in [-0.2, -0.15) is 0 Å². The van der Waals surface area contributed by atoms with E-state index in [0.29, 0.717) is 5.75 Å². The monoisotopic (exact) mass is 522 g/mol. The molecule has 0 saturated carbocycles. The minimum atomic E-state index is -0.767. The Labute approximate surface area is 226 Å². The first-order valence-corrected chi connectivity index (χ1v) is 13.5. The van der Waals surface area contributed by atoms with Gasteiger partial charge in [0, 0.05) is 18.8 Å². The largest absolute Gasteiger partial charge is 0.465 e. The van der Waals surface area contributed by atoms with Crippen LogP contribution in [0.15, 0.2) is 48.5 Å². The summed E-state index contributed by atoms with van der Waals surface area (Å²) in [5.41, 5.74) is -0.669. The van der Waals surface area contributed by atoms with Crippen molar-refractivity contribution in [2.24, 2.45) is 5.41 Å². The van der Waals surface area contributed by atoms with E-state index in [1.807, 2.05) is 64.1 Å². The van der Waals surface area contributed by atoms with Crippen molar-refractivity contribution < 1.29 is 28.5 Å². The van der Waals surface area contributed by atoms with Crippen LogP contribution in [0.25, 0.3) is 21.5 Å². The number of ether oxygens (including phenoxy) is 4. The number of carbonyl (C=O) groups is 2. The molecule has 0 aromatic heterocycles. The van der Waals surface area contributed by atoms with Crippen molar-refractivity contribution in [2.75, 3.05) is 0 Å². The fraction of sp³-hybridized carbons (Fsp3) is 0.500. The fourth-order valence-electron chi connectivity index (χ4n) is 4.06. The van der Waals surface area contributed by atoms with Crippen LogP contribution in [0, 0.1) is 5.41 Å². The van der Waals surface area contributed by atoms with Gasteiger partial charge in [0.15, 0.2) is 6.29 Å². The van der Waals surface area contributed by atoms with Gasteiger partial charge in [-0.15, -0.1) is 0 Å². The predicted octanol–water partition coefficient (Wildman–Crippen LogP) is 7.98. The first-order chi connectivity index (χ1) is 17.8. The smallest absolute Gasteiger partial charge is 0.309 e. The maximum Gasteiger partial charge on any atom is 0.309 e. The lowest BCUT2D eigenvalue weighted by Gasteiger charge is -2.28. The molecule has 2 unspecified atom stereocenters. The first kappa shape index (κ1) is 29.4. The number of carbonyl (C=O) groups excluding carboxylic acids is 2. The molecule has 6 heteroatoms. The van der Waals surface area contributed by atoms with E-state index in [4.69, 9.17) is 18.9 Å². The van der Waals surface area contributed by atoms with Crippen LogP contribution in [0.1, 0.15) is 81.1 Å². The summed E-state index contributed by atoms with van der Waals surface area (Å²) in [6.07, 6.45) is 0.727. The van der Waals surface area contributed by atoms with Crippen molar-refractivity contribution in [1.82, 2.24) is 0 Å². The maximum atomic E-state index is 12.3. The van der Waals surface area contributed by atoms with Gasteiger partial charge in [0.2, 0.25) is 6.29 Å². The van der Waals surface area contributed by atoms with Crippen LogP contribution < -0.4 is 9.47 Å². The summed E-state index contributed by atoms with van der Waals surface area (Å²) >= 11 is 0. The van der Waals surface area contributed by atoms with E-state index in [9.17, 15) is 9.59 Å². The molecule has 0 fully saturated rings. The molecule has 6 nitrogen and oxygen atoms in total. The molecule has 0 amide bonds. The van der Waals surface area contributed by atoms with E-state index >= 15 is 0 Å². The van der Waals surface area contributed by atoms with Gasteiger partial charge in [0.1, 0.15) is 17.3 Å². The number of fused-ring (bicyclic) bond motifs is 2. The van der Waals surface area contributed by atoms with Gasteiger partial charge in [0.25, 0.3) is 0 Å². The summed E-state index contributed by atoms with van der Waals surface area (Å²) in [5.74, 6) is 0.978. The molecule has 2 atom stereocenters. The van der Waals surface area contributed by atoms with E-state index < -0.39 is 17.7 Å². The summed E-state index contributed by atoms with van der Waals surface area (Å²) in [6.45, 7) is 15.5. The Morgan fingerprint density at radius 3 is 1.74 bits per heavy atom. The van der Waals surface area contributed by atoms with E-state index in [1.54, 1.807) is 6.92 Å². The van der Waals surface area contributed by atoms with Crippen LogP contribution in [0.5, 0.6) is 11.5 Å². The molecule has 0 saturated heterocycles. The highest BCUT2D eigenvalue weighted by molar-refractivity contribution is 5.99. The Bertz CT molecular complexity index is 1280. The summed E-state index contributed by atoms with van der Waals surface area (Å²) in [5, 5.41) is 4.20. The zero-order chi connectivity index (χ0) is 28.1. The number of hydrogen-bond acceptors (Lipinski definition) is 6. The quantitative estimate of drug-likeness (QED) is 0.129. The number of esters is 1. The zero-order valence-corrected chi connectivity index (χ0v) is 24.1. The number of hydrogen-bond donors (Lipinski definition) is 0. The van der Waals surface area contributed by atoms with Gasteiger partial charge >= 0.3 is 5.97 Å². The van der Waals surface area contributed by atoms with Crippen molar-refractivity contribution in [1.29, 1.82) is 0 Å². The van der Waals surface area contributed by atoms with E-state index in [-0.39, 0.29) is 30.5 Å². The molecule has 0 aliphatic heterocycles. The van der Waals surface area contributed by atoms with E-state index in [1.165, 1.54) is 0 Å². The molecule has 3 aromatic rings. The second-order valence-electron chi connectivity index (χ2n) is 11.1. The van der Waals surface area contributed by atoms with Crippen molar-refractivity contribution in [3.05, 3.63) is 48.5 Å². The highest BCUT2D eigenvalue weighted by Crippen LogP contribution is 2.30. The highest BCUT2D eigenvalue weighted by atomic mass is 16.7. The third kappa shape index (κ3) is 7.94. The molecule has 206 valence electrons. The molecule has 0 radical (unpaired) electrons. The molecule has 0 spiro atoms. The Hall–Kier alpha value is -3.12. The molecule has 3 rings (SSSR count). The number of Topliss-reactive ketones (excluding diaryl/α,β-unsaturated/α-hetero) is 1. The summed E-state index contributed by atoms with van der Waals surface area (Å²) in [7, 11) is 0.